The van der Waals surface area contributed by atoms with Crippen LogP contribution in [0.3, 0.4) is 0 Å². The van der Waals surface area contributed by atoms with Crippen molar-refractivity contribution in [2.24, 2.45) is 5.92 Å². The topological polar surface area (TPSA) is 89.9 Å². The summed E-state index contributed by atoms with van der Waals surface area (Å²) in [5.74, 6) is 0.965. The third-order valence-electron chi connectivity index (χ3n) is 6.42. The molecule has 0 radical (unpaired) electrons. The van der Waals surface area contributed by atoms with Crippen LogP contribution in [0.1, 0.15) is 40.9 Å². The lowest BCUT2D eigenvalue weighted by molar-refractivity contribution is -0.138. The van der Waals surface area contributed by atoms with Crippen molar-refractivity contribution in [2.45, 2.75) is 38.8 Å². The normalized spacial score (nSPS) is 15.9. The van der Waals surface area contributed by atoms with Gasteiger partial charge in [0.1, 0.15) is 17.1 Å². The van der Waals surface area contributed by atoms with Gasteiger partial charge in [-0.25, -0.2) is 0 Å². The summed E-state index contributed by atoms with van der Waals surface area (Å²) < 4.78 is 12.2. The molecule has 1 fully saturated rings. The highest BCUT2D eigenvalue weighted by Gasteiger charge is 2.32. The molecule has 0 bridgehead atoms. The molecule has 2 heterocycles. The molecule has 1 aliphatic heterocycles. The fourth-order valence-corrected chi connectivity index (χ4v) is 4.30. The first-order valence-electron chi connectivity index (χ1n) is 11.0. The third kappa shape index (κ3) is 4.35. The van der Waals surface area contributed by atoms with Gasteiger partial charge >= 0.3 is 0 Å². The number of aromatic nitrogens is 1. The zero-order valence-corrected chi connectivity index (χ0v) is 18.6. The zero-order valence-electron chi connectivity index (χ0n) is 18.6. The fraction of sp³-hybridized carbons (Fsp3) is 0.458. The van der Waals surface area contributed by atoms with Crippen LogP contribution in [0.5, 0.6) is 11.5 Å². The number of carbonyl (C=O) groups is 2. The molecule has 1 N–H and O–H groups in total. The van der Waals surface area contributed by atoms with Gasteiger partial charge in [0.15, 0.2) is 0 Å². The Bertz CT molecular complexity index is 1060. The molecule has 2 aliphatic rings. The number of pyridine rings is 1. The molecular formula is C24H29N3O5. The Morgan fingerprint density at radius 1 is 1.06 bits per heavy atom. The number of benzene rings is 1. The summed E-state index contributed by atoms with van der Waals surface area (Å²) >= 11 is 0. The standard InChI is InChI=1S/C24H29N3O5/c1-31-18-8-6-16(7-9-18)15-25-23(29)22-19-10-11-26(24(30)17-4-3-5-17)12-13-27(19)21(28)14-20(22)32-2/h6-9,14,17H,3-5,10-13,15H2,1-2H3,(H,25,29). The lowest BCUT2D eigenvalue weighted by atomic mass is 9.84. The van der Waals surface area contributed by atoms with E-state index in [9.17, 15) is 14.4 Å². The summed E-state index contributed by atoms with van der Waals surface area (Å²) in [6.07, 6.45) is 3.40. The molecule has 0 saturated heterocycles. The van der Waals surface area contributed by atoms with E-state index in [4.69, 9.17) is 9.47 Å². The van der Waals surface area contributed by atoms with E-state index < -0.39 is 0 Å². The second-order valence-corrected chi connectivity index (χ2v) is 8.26. The Hall–Kier alpha value is -3.29. The Labute approximate surface area is 187 Å². The van der Waals surface area contributed by atoms with Crippen LogP contribution in [0.25, 0.3) is 0 Å². The summed E-state index contributed by atoms with van der Waals surface area (Å²) in [4.78, 5) is 40.5. The first-order chi connectivity index (χ1) is 15.5. The van der Waals surface area contributed by atoms with Gasteiger partial charge in [-0.05, 0) is 30.5 Å². The number of nitrogens with one attached hydrogen (secondary N) is 1. The predicted molar refractivity (Wildman–Crippen MR) is 119 cm³/mol. The van der Waals surface area contributed by atoms with Crippen molar-refractivity contribution in [3.63, 3.8) is 0 Å². The smallest absolute Gasteiger partial charge is 0.257 e. The summed E-state index contributed by atoms with van der Waals surface area (Å²) in [5, 5.41) is 2.93. The number of carbonyl (C=O) groups excluding carboxylic acids is 2. The third-order valence-corrected chi connectivity index (χ3v) is 6.42. The van der Waals surface area contributed by atoms with E-state index in [0.29, 0.717) is 43.9 Å². The van der Waals surface area contributed by atoms with Crippen molar-refractivity contribution in [3.05, 3.63) is 57.5 Å². The molecule has 2 aromatic rings. The van der Waals surface area contributed by atoms with E-state index in [1.165, 1.54) is 13.2 Å². The van der Waals surface area contributed by atoms with Crippen LogP contribution in [-0.4, -0.2) is 48.6 Å². The van der Waals surface area contributed by atoms with Gasteiger partial charge in [0.05, 0.1) is 14.2 Å². The molecule has 170 valence electrons. The van der Waals surface area contributed by atoms with Crippen LogP contribution in [0.15, 0.2) is 35.1 Å². The number of hydrogen-bond donors (Lipinski definition) is 1. The van der Waals surface area contributed by atoms with Crippen LogP contribution in [0.2, 0.25) is 0 Å². The van der Waals surface area contributed by atoms with Gasteiger partial charge in [0.25, 0.3) is 11.5 Å². The summed E-state index contributed by atoms with van der Waals surface area (Å²) in [6, 6.07) is 8.80. The monoisotopic (exact) mass is 439 g/mol. The van der Waals surface area contributed by atoms with E-state index in [1.807, 2.05) is 29.2 Å². The lowest BCUT2D eigenvalue weighted by Crippen LogP contribution is -2.40. The van der Waals surface area contributed by atoms with Crippen molar-refractivity contribution in [1.29, 1.82) is 0 Å². The van der Waals surface area contributed by atoms with Gasteiger partial charge in [0.2, 0.25) is 5.91 Å². The average molecular weight is 440 g/mol. The molecule has 1 aromatic heterocycles. The van der Waals surface area contributed by atoms with Gasteiger partial charge < -0.3 is 24.3 Å². The SMILES string of the molecule is COc1ccc(CNC(=O)c2c(OC)cc(=O)n3c2CCN(C(=O)C2CCC2)CC3)cc1. The van der Waals surface area contributed by atoms with Gasteiger partial charge in [-0.3, -0.25) is 14.4 Å². The van der Waals surface area contributed by atoms with Crippen molar-refractivity contribution >= 4 is 11.8 Å². The first kappa shape index (κ1) is 21.9. The molecule has 8 heteroatoms. The van der Waals surface area contributed by atoms with Crippen LogP contribution < -0.4 is 20.3 Å². The highest BCUT2D eigenvalue weighted by Crippen LogP contribution is 2.29. The van der Waals surface area contributed by atoms with Crippen molar-refractivity contribution in [2.75, 3.05) is 27.3 Å². The van der Waals surface area contributed by atoms with Crippen molar-refractivity contribution in [3.8, 4) is 11.5 Å². The van der Waals surface area contributed by atoms with Gasteiger partial charge in [0, 0.05) is 50.3 Å². The van der Waals surface area contributed by atoms with E-state index in [0.717, 1.165) is 30.6 Å². The number of nitrogens with zero attached hydrogens (tertiary/aromatic N) is 2. The van der Waals surface area contributed by atoms with Gasteiger partial charge in [-0.15, -0.1) is 0 Å². The van der Waals surface area contributed by atoms with Crippen LogP contribution in [0.4, 0.5) is 0 Å². The Morgan fingerprint density at radius 3 is 2.44 bits per heavy atom. The highest BCUT2D eigenvalue weighted by atomic mass is 16.5. The first-order valence-corrected chi connectivity index (χ1v) is 11.0. The number of fused-ring (bicyclic) bond motifs is 1. The Morgan fingerprint density at radius 2 is 1.81 bits per heavy atom. The maximum Gasteiger partial charge on any atom is 0.257 e. The van der Waals surface area contributed by atoms with E-state index >= 15 is 0 Å². The fourth-order valence-electron chi connectivity index (χ4n) is 4.30. The molecule has 0 atom stereocenters. The van der Waals surface area contributed by atoms with E-state index in [1.54, 1.807) is 11.7 Å². The van der Waals surface area contributed by atoms with Gasteiger partial charge in [-0.2, -0.15) is 0 Å². The minimum Gasteiger partial charge on any atom is -0.497 e. The minimum absolute atomic E-state index is 0.106. The second-order valence-electron chi connectivity index (χ2n) is 8.26. The summed E-state index contributed by atoms with van der Waals surface area (Å²) in [7, 11) is 3.06. The highest BCUT2D eigenvalue weighted by molar-refractivity contribution is 5.98. The molecular weight excluding hydrogens is 410 g/mol. The Balaban J connectivity index is 1.56. The molecule has 2 amide bonds. The van der Waals surface area contributed by atoms with E-state index in [-0.39, 0.29) is 29.0 Å². The van der Waals surface area contributed by atoms with Crippen molar-refractivity contribution < 1.29 is 19.1 Å². The summed E-state index contributed by atoms with van der Waals surface area (Å²) in [6.45, 7) is 1.66. The maximum atomic E-state index is 13.2. The number of amides is 2. The maximum absolute atomic E-state index is 13.2. The van der Waals surface area contributed by atoms with E-state index in [2.05, 4.69) is 5.32 Å². The number of methoxy groups -OCH3 is 2. The Kier molecular flexibility index (Phi) is 6.48. The zero-order chi connectivity index (χ0) is 22.7. The minimum atomic E-state index is -0.305. The molecule has 1 aromatic carbocycles. The molecule has 4 rings (SSSR count). The second kappa shape index (κ2) is 9.46. The van der Waals surface area contributed by atoms with Crippen LogP contribution >= 0.6 is 0 Å². The molecule has 32 heavy (non-hydrogen) atoms. The number of ether oxygens (including phenoxy) is 2. The predicted octanol–water partition coefficient (Wildman–Crippen LogP) is 1.98. The molecule has 0 unspecified atom stereocenters. The average Bonchev–Trinajstić information content (AvgIpc) is 3.00. The number of rotatable bonds is 6. The summed E-state index contributed by atoms with van der Waals surface area (Å²) in [5.41, 5.74) is 1.68. The molecule has 1 saturated carbocycles. The van der Waals surface area contributed by atoms with Crippen LogP contribution in [-0.2, 0) is 24.3 Å². The molecule has 8 nitrogen and oxygen atoms in total. The van der Waals surface area contributed by atoms with Gasteiger partial charge in [-0.1, -0.05) is 18.6 Å². The quantitative estimate of drug-likeness (QED) is 0.744. The number of hydrogen-bond acceptors (Lipinski definition) is 5. The van der Waals surface area contributed by atoms with Crippen LogP contribution in [0, 0.1) is 5.92 Å². The largest absolute Gasteiger partial charge is 0.497 e. The lowest BCUT2D eigenvalue weighted by Gasteiger charge is -2.30. The molecule has 1 aliphatic carbocycles. The molecule has 0 spiro atoms. The van der Waals surface area contributed by atoms with Crippen molar-refractivity contribution in [1.82, 2.24) is 14.8 Å².